The van der Waals surface area contributed by atoms with Crippen LogP contribution in [0.1, 0.15) is 40.0 Å². The monoisotopic (exact) mass is 281 g/mol. The number of likely N-dealkylation sites (tertiary alicyclic amines) is 1. The fourth-order valence-electron chi connectivity index (χ4n) is 3.34. The Morgan fingerprint density at radius 2 is 1.80 bits per heavy atom. The lowest BCUT2D eigenvalue weighted by Gasteiger charge is -2.39. The van der Waals surface area contributed by atoms with Gasteiger partial charge in [-0.15, -0.1) is 0 Å². The first-order valence-electron chi connectivity index (χ1n) is 8.17. The molecule has 2 rings (SSSR count). The molecule has 0 aromatic carbocycles. The number of piperidine rings is 1. The maximum absolute atomic E-state index is 12.4. The molecule has 2 aliphatic rings. The molecule has 0 unspecified atom stereocenters. The third-order valence-electron chi connectivity index (χ3n) is 4.86. The summed E-state index contributed by atoms with van der Waals surface area (Å²) in [4.78, 5) is 16.7. The van der Waals surface area contributed by atoms with E-state index in [0.717, 1.165) is 51.6 Å². The van der Waals surface area contributed by atoms with E-state index in [4.69, 9.17) is 0 Å². The molecule has 2 heterocycles. The number of amides is 1. The van der Waals surface area contributed by atoms with Crippen LogP contribution in [0.15, 0.2) is 0 Å². The van der Waals surface area contributed by atoms with Crippen molar-refractivity contribution in [2.45, 2.75) is 40.0 Å². The molecular weight excluding hydrogens is 250 g/mol. The average Bonchev–Trinajstić information content (AvgIpc) is 2.67. The van der Waals surface area contributed by atoms with E-state index in [1.165, 1.54) is 12.8 Å². The van der Waals surface area contributed by atoms with Gasteiger partial charge in [0.2, 0.25) is 5.91 Å². The molecule has 0 atom stereocenters. The molecule has 2 fully saturated rings. The molecule has 0 aromatic heterocycles. The molecule has 0 radical (unpaired) electrons. The topological polar surface area (TPSA) is 35.6 Å². The molecule has 0 bridgehead atoms. The summed E-state index contributed by atoms with van der Waals surface area (Å²) in [5.41, 5.74) is 0.409. The minimum atomic E-state index is 0.322. The second-order valence-corrected chi connectivity index (χ2v) is 7.40. The summed E-state index contributed by atoms with van der Waals surface area (Å²) in [6, 6.07) is 0. The minimum Gasteiger partial charge on any atom is -0.340 e. The zero-order valence-corrected chi connectivity index (χ0v) is 13.5. The van der Waals surface area contributed by atoms with Crippen molar-refractivity contribution in [3.8, 4) is 0 Å². The highest BCUT2D eigenvalue weighted by Gasteiger charge is 2.29. The molecule has 0 aromatic rings. The molecule has 2 saturated heterocycles. The van der Waals surface area contributed by atoms with Crippen molar-refractivity contribution in [1.82, 2.24) is 15.1 Å². The van der Waals surface area contributed by atoms with Crippen LogP contribution in [0.2, 0.25) is 0 Å². The maximum Gasteiger partial charge on any atom is 0.236 e. The number of nitrogens with zero attached hydrogens (tertiary/aromatic N) is 2. The second-order valence-electron chi connectivity index (χ2n) is 7.40. The van der Waals surface area contributed by atoms with Crippen molar-refractivity contribution >= 4 is 5.91 Å². The second kappa shape index (κ2) is 6.90. The third-order valence-corrected chi connectivity index (χ3v) is 4.86. The highest BCUT2D eigenvalue weighted by Crippen LogP contribution is 2.34. The third kappa shape index (κ3) is 4.45. The normalized spacial score (nSPS) is 23.6. The molecule has 1 amide bonds. The van der Waals surface area contributed by atoms with Crippen LogP contribution in [-0.2, 0) is 4.79 Å². The number of carbonyl (C=O) groups excluding carboxylic acids is 1. The molecule has 0 saturated carbocycles. The maximum atomic E-state index is 12.4. The van der Waals surface area contributed by atoms with Crippen LogP contribution in [0, 0.1) is 11.3 Å². The highest BCUT2D eigenvalue weighted by atomic mass is 16.2. The van der Waals surface area contributed by atoms with E-state index in [-0.39, 0.29) is 0 Å². The van der Waals surface area contributed by atoms with E-state index in [1.54, 1.807) is 0 Å². The van der Waals surface area contributed by atoms with Crippen LogP contribution in [0.5, 0.6) is 0 Å². The van der Waals surface area contributed by atoms with Gasteiger partial charge in [0.1, 0.15) is 0 Å². The van der Waals surface area contributed by atoms with Crippen molar-refractivity contribution < 1.29 is 4.79 Å². The Morgan fingerprint density at radius 1 is 1.10 bits per heavy atom. The molecule has 2 aliphatic heterocycles. The number of hydrogen-bond acceptors (Lipinski definition) is 3. The van der Waals surface area contributed by atoms with Crippen molar-refractivity contribution in [2.24, 2.45) is 11.3 Å². The van der Waals surface area contributed by atoms with Crippen molar-refractivity contribution in [2.75, 3.05) is 45.8 Å². The summed E-state index contributed by atoms with van der Waals surface area (Å²) in [5, 5.41) is 3.35. The Bertz CT molecular complexity index is 308. The van der Waals surface area contributed by atoms with Gasteiger partial charge in [-0.2, -0.15) is 0 Å². The average molecular weight is 281 g/mol. The van der Waals surface area contributed by atoms with Gasteiger partial charge >= 0.3 is 0 Å². The van der Waals surface area contributed by atoms with Crippen LogP contribution in [-0.4, -0.2) is 61.5 Å². The molecule has 116 valence electrons. The predicted octanol–water partition coefficient (Wildman–Crippen LogP) is 1.57. The number of nitrogens with one attached hydrogen (secondary N) is 1. The number of hydrogen-bond donors (Lipinski definition) is 1. The van der Waals surface area contributed by atoms with Crippen molar-refractivity contribution in [3.63, 3.8) is 0 Å². The predicted molar refractivity (Wildman–Crippen MR) is 82.7 cm³/mol. The quantitative estimate of drug-likeness (QED) is 0.834. The summed E-state index contributed by atoms with van der Waals surface area (Å²) in [5.74, 6) is 1.12. The first kappa shape index (κ1) is 15.8. The lowest BCUT2D eigenvalue weighted by molar-refractivity contribution is -0.132. The molecule has 0 aliphatic carbocycles. The Balaban J connectivity index is 1.75. The van der Waals surface area contributed by atoms with Crippen LogP contribution in [0.4, 0.5) is 0 Å². The zero-order valence-electron chi connectivity index (χ0n) is 13.5. The van der Waals surface area contributed by atoms with Gasteiger partial charge in [0, 0.05) is 19.6 Å². The van der Waals surface area contributed by atoms with Gasteiger partial charge < -0.3 is 10.2 Å². The van der Waals surface area contributed by atoms with Gasteiger partial charge in [0.25, 0.3) is 0 Å². The Morgan fingerprint density at radius 3 is 2.45 bits per heavy atom. The molecule has 4 nitrogen and oxygen atoms in total. The minimum absolute atomic E-state index is 0.322. The number of carbonyl (C=O) groups is 1. The smallest absolute Gasteiger partial charge is 0.236 e. The molecule has 4 heteroatoms. The van der Waals surface area contributed by atoms with Gasteiger partial charge in [0.05, 0.1) is 6.54 Å². The summed E-state index contributed by atoms with van der Waals surface area (Å²) in [6.07, 6.45) is 3.55. The molecular formula is C16H31N3O. The van der Waals surface area contributed by atoms with Gasteiger partial charge in [-0.05, 0) is 50.2 Å². The summed E-state index contributed by atoms with van der Waals surface area (Å²) in [6.45, 7) is 13.6. The summed E-state index contributed by atoms with van der Waals surface area (Å²) < 4.78 is 0. The van der Waals surface area contributed by atoms with Crippen LogP contribution in [0.25, 0.3) is 0 Å². The van der Waals surface area contributed by atoms with E-state index in [1.807, 2.05) is 4.90 Å². The summed E-state index contributed by atoms with van der Waals surface area (Å²) >= 11 is 0. The highest BCUT2D eigenvalue weighted by molar-refractivity contribution is 5.78. The lowest BCUT2D eigenvalue weighted by Crippen LogP contribution is -2.45. The first-order valence-corrected chi connectivity index (χ1v) is 8.17. The van der Waals surface area contributed by atoms with E-state index in [2.05, 4.69) is 31.0 Å². The molecule has 1 N–H and O–H groups in total. The zero-order chi connectivity index (χ0) is 14.6. The van der Waals surface area contributed by atoms with E-state index in [0.29, 0.717) is 17.9 Å². The van der Waals surface area contributed by atoms with E-state index >= 15 is 0 Å². The van der Waals surface area contributed by atoms with E-state index in [9.17, 15) is 4.79 Å². The fourth-order valence-corrected chi connectivity index (χ4v) is 3.34. The van der Waals surface area contributed by atoms with E-state index < -0.39 is 0 Å². The Kier molecular flexibility index (Phi) is 5.44. The SMILES string of the molecule is CC(C)(C)C1CCN(CC(=O)N2CCCNCC2)CC1. The molecule has 0 spiro atoms. The lowest BCUT2D eigenvalue weighted by atomic mass is 9.75. The molecule has 20 heavy (non-hydrogen) atoms. The van der Waals surface area contributed by atoms with Gasteiger partial charge in [-0.1, -0.05) is 20.8 Å². The van der Waals surface area contributed by atoms with Gasteiger partial charge in [-0.3, -0.25) is 9.69 Å². The standard InChI is InChI=1S/C16H31N3O/c1-16(2,3)14-5-10-18(11-6-14)13-15(20)19-9-4-7-17-8-12-19/h14,17H,4-13H2,1-3H3. The van der Waals surface area contributed by atoms with Crippen LogP contribution >= 0.6 is 0 Å². The van der Waals surface area contributed by atoms with Crippen molar-refractivity contribution in [3.05, 3.63) is 0 Å². The fraction of sp³-hybridized carbons (Fsp3) is 0.938. The largest absolute Gasteiger partial charge is 0.340 e. The van der Waals surface area contributed by atoms with Gasteiger partial charge in [0.15, 0.2) is 0 Å². The van der Waals surface area contributed by atoms with Crippen LogP contribution < -0.4 is 5.32 Å². The Labute approximate surface area is 123 Å². The van der Waals surface area contributed by atoms with Crippen molar-refractivity contribution in [1.29, 1.82) is 0 Å². The number of rotatable bonds is 2. The Hall–Kier alpha value is -0.610. The van der Waals surface area contributed by atoms with Crippen LogP contribution in [0.3, 0.4) is 0 Å². The first-order chi connectivity index (χ1) is 9.47. The summed E-state index contributed by atoms with van der Waals surface area (Å²) in [7, 11) is 0. The van der Waals surface area contributed by atoms with Gasteiger partial charge in [-0.25, -0.2) is 0 Å².